The maximum absolute atomic E-state index is 10.9. The fraction of sp³-hybridized carbons (Fsp3) is 0.167. The van der Waals surface area contributed by atoms with Gasteiger partial charge in [-0.15, -0.1) is 0 Å². The molecule has 0 aliphatic heterocycles. The van der Waals surface area contributed by atoms with E-state index in [-0.39, 0.29) is 10.6 Å². The number of pyridine rings is 1. The average Bonchev–Trinajstić information content (AvgIpc) is 2.66. The van der Waals surface area contributed by atoms with Crippen LogP contribution in [0, 0.1) is 10.1 Å². The van der Waals surface area contributed by atoms with Gasteiger partial charge in [-0.05, 0) is 17.5 Å². The zero-order valence-electron chi connectivity index (χ0n) is 15.6. The van der Waals surface area contributed by atoms with Crippen molar-refractivity contribution in [2.75, 3.05) is 7.11 Å². The highest BCUT2D eigenvalue weighted by Gasteiger charge is 2.36. The third kappa shape index (κ3) is 5.21. The molecule has 1 aromatic heterocycles. The third-order valence-corrected chi connectivity index (χ3v) is 4.52. The van der Waals surface area contributed by atoms with Crippen LogP contribution in [0.2, 0.25) is 0 Å². The molecule has 3 rings (SSSR count). The minimum Gasteiger partial charge on any atom is -0.741 e. The van der Waals surface area contributed by atoms with Crippen LogP contribution in [0.4, 0.5) is 18.9 Å². The Labute approximate surface area is 169 Å². The molecule has 0 spiro atoms. The van der Waals surface area contributed by atoms with Gasteiger partial charge >= 0.3 is 5.51 Å². The van der Waals surface area contributed by atoms with E-state index in [0.717, 1.165) is 27.8 Å². The van der Waals surface area contributed by atoms with E-state index in [4.69, 9.17) is 17.7 Å². The lowest BCUT2D eigenvalue weighted by molar-refractivity contribution is -0.659. The van der Waals surface area contributed by atoms with Crippen LogP contribution in [-0.4, -0.2) is 30.5 Å². The lowest BCUT2D eigenvalue weighted by Crippen LogP contribution is -2.30. The van der Waals surface area contributed by atoms with Gasteiger partial charge in [0.25, 0.3) is 5.69 Å². The smallest absolute Gasteiger partial charge is 0.485 e. The number of rotatable bonds is 3. The van der Waals surface area contributed by atoms with Crippen LogP contribution in [0.1, 0.15) is 0 Å². The second kappa shape index (κ2) is 8.63. The van der Waals surface area contributed by atoms with Gasteiger partial charge in [0.1, 0.15) is 12.8 Å². The van der Waals surface area contributed by atoms with Gasteiger partial charge in [0.05, 0.1) is 23.0 Å². The lowest BCUT2D eigenvalue weighted by Gasteiger charge is -2.08. The van der Waals surface area contributed by atoms with Crippen LogP contribution < -0.4 is 9.30 Å². The van der Waals surface area contributed by atoms with E-state index >= 15 is 0 Å². The number of hydrogen-bond acceptors (Lipinski definition) is 6. The van der Waals surface area contributed by atoms with E-state index in [0.29, 0.717) is 0 Å². The average molecular weight is 444 g/mol. The topological polar surface area (TPSA) is 113 Å². The van der Waals surface area contributed by atoms with E-state index < -0.39 is 15.6 Å². The number of nitrogens with zero attached hydrogens (tertiary/aromatic N) is 2. The summed E-state index contributed by atoms with van der Waals surface area (Å²) in [5.74, 6) is 0.804. The first-order valence-corrected chi connectivity index (χ1v) is 9.49. The highest BCUT2D eigenvalue weighted by Crippen LogP contribution is 2.28. The molecule has 0 atom stereocenters. The van der Waals surface area contributed by atoms with Crippen LogP contribution in [0.3, 0.4) is 0 Å². The third-order valence-electron chi connectivity index (χ3n) is 3.95. The summed E-state index contributed by atoms with van der Waals surface area (Å²) < 4.78 is 66.2. The predicted octanol–water partition coefficient (Wildman–Crippen LogP) is 3.30. The first-order valence-electron chi connectivity index (χ1n) is 8.08. The molecule has 0 radical (unpaired) electrons. The molecule has 160 valence electrons. The van der Waals surface area contributed by atoms with E-state index in [2.05, 4.69) is 0 Å². The summed E-state index contributed by atoms with van der Waals surface area (Å²) in [6.45, 7) is 0. The molecule has 0 bridgehead atoms. The zero-order valence-corrected chi connectivity index (χ0v) is 16.4. The Morgan fingerprint density at radius 3 is 2.23 bits per heavy atom. The van der Waals surface area contributed by atoms with Gasteiger partial charge < -0.3 is 9.29 Å². The van der Waals surface area contributed by atoms with Gasteiger partial charge in [-0.3, -0.25) is 10.1 Å². The summed E-state index contributed by atoms with van der Waals surface area (Å²) in [4.78, 5) is 10.6. The Balaban J connectivity index is 0.000000343. The molecule has 0 saturated carbocycles. The molecule has 0 saturated heterocycles. The van der Waals surface area contributed by atoms with E-state index in [1.165, 1.54) is 6.07 Å². The zero-order chi connectivity index (χ0) is 22.7. The van der Waals surface area contributed by atoms with Crippen molar-refractivity contribution in [3.63, 3.8) is 0 Å². The predicted molar refractivity (Wildman–Crippen MR) is 99.5 cm³/mol. The van der Waals surface area contributed by atoms with Gasteiger partial charge in [-0.2, -0.15) is 13.2 Å². The fourth-order valence-electron chi connectivity index (χ4n) is 2.58. The number of alkyl halides is 3. The minimum absolute atomic E-state index is 0.0863. The van der Waals surface area contributed by atoms with Crippen molar-refractivity contribution in [3.8, 4) is 17.0 Å². The molecule has 1 heterocycles. The maximum atomic E-state index is 10.9. The largest absolute Gasteiger partial charge is 0.741 e. The number of methoxy groups -OCH3 is 1. The number of fused-ring (bicyclic) bond motifs is 1. The molecule has 0 aliphatic rings. The molecule has 30 heavy (non-hydrogen) atoms. The van der Waals surface area contributed by atoms with Gasteiger partial charge in [0.2, 0.25) is 5.69 Å². The van der Waals surface area contributed by atoms with Crippen LogP contribution in [0.5, 0.6) is 5.75 Å². The number of ether oxygens (including phenoxy) is 1. The number of hydrogen-bond donors (Lipinski definition) is 0. The van der Waals surface area contributed by atoms with Crippen molar-refractivity contribution in [2.45, 2.75) is 5.51 Å². The van der Waals surface area contributed by atoms with Crippen LogP contribution in [0.15, 0.2) is 54.7 Å². The Morgan fingerprint density at radius 2 is 1.70 bits per heavy atom. The van der Waals surface area contributed by atoms with E-state index in [9.17, 15) is 23.3 Å². The molecule has 0 aliphatic carbocycles. The summed E-state index contributed by atoms with van der Waals surface area (Å²) in [5, 5.41) is 13.0. The van der Waals surface area contributed by atoms with Crippen LogP contribution in [-0.2, 0) is 17.2 Å². The SMILES string of the molecule is COc1cccc2cc(-c3cccc([N+](=O)[O-])c3)[n+](C)cc12.O=S(=O)([O-])C(F)(F)F. The summed E-state index contributed by atoms with van der Waals surface area (Å²) in [7, 11) is -2.53. The molecule has 0 N–H and O–H groups in total. The van der Waals surface area contributed by atoms with Gasteiger partial charge in [-0.25, -0.2) is 13.0 Å². The van der Waals surface area contributed by atoms with E-state index in [1.807, 2.05) is 48.1 Å². The molecule has 8 nitrogen and oxygen atoms in total. The first kappa shape index (κ1) is 23.0. The van der Waals surface area contributed by atoms with Gasteiger partial charge in [0.15, 0.2) is 16.3 Å². The number of nitro benzene ring substituents is 1. The molecular formula is C18H15F3N2O6S. The monoisotopic (exact) mass is 444 g/mol. The normalized spacial score (nSPS) is 11.5. The lowest BCUT2D eigenvalue weighted by atomic mass is 10.1. The standard InChI is InChI=1S/C17H15N2O3.CHF3O3S/c1-18-11-15-12(5-4-8-17(15)22-2)10-16(18)13-6-3-7-14(9-13)19(20)21;2-1(3,4)8(5,6)7/h3-11H,1-2H3;(H,5,6,7)/q+1;/p-1. The summed E-state index contributed by atoms with van der Waals surface area (Å²) in [5.41, 5.74) is -3.85. The first-order chi connectivity index (χ1) is 13.8. The maximum Gasteiger partial charge on any atom is 0.485 e. The molecule has 0 unspecified atom stereocenters. The Bertz CT molecular complexity index is 1200. The highest BCUT2D eigenvalue weighted by molar-refractivity contribution is 7.86. The van der Waals surface area contributed by atoms with Gasteiger partial charge in [0, 0.05) is 18.2 Å². The van der Waals surface area contributed by atoms with Crippen molar-refractivity contribution in [1.29, 1.82) is 0 Å². The second-order valence-corrected chi connectivity index (χ2v) is 7.31. The Morgan fingerprint density at radius 1 is 1.10 bits per heavy atom. The molecule has 2 aromatic carbocycles. The molecule has 0 fully saturated rings. The Hall–Kier alpha value is -3.25. The number of nitro groups is 1. The van der Waals surface area contributed by atoms with Crippen molar-refractivity contribution in [1.82, 2.24) is 0 Å². The fourth-order valence-corrected chi connectivity index (χ4v) is 2.58. The van der Waals surface area contributed by atoms with Gasteiger partial charge in [-0.1, -0.05) is 18.2 Å². The highest BCUT2D eigenvalue weighted by atomic mass is 32.2. The quantitative estimate of drug-likeness (QED) is 0.201. The number of aryl methyl sites for hydroxylation is 1. The number of aromatic nitrogens is 1. The number of halogens is 3. The summed E-state index contributed by atoms with van der Waals surface area (Å²) in [6, 6.07) is 14.5. The molecular weight excluding hydrogens is 429 g/mol. The molecule has 0 amide bonds. The minimum atomic E-state index is -6.09. The van der Waals surface area contributed by atoms with Crippen molar-refractivity contribution in [2.24, 2.45) is 7.05 Å². The van der Waals surface area contributed by atoms with Crippen molar-refractivity contribution >= 4 is 26.6 Å². The van der Waals surface area contributed by atoms with Crippen LogP contribution in [0.25, 0.3) is 22.0 Å². The van der Waals surface area contributed by atoms with E-state index in [1.54, 1.807) is 19.2 Å². The number of non-ortho nitro benzene ring substituents is 1. The van der Waals surface area contributed by atoms with Crippen molar-refractivity contribution in [3.05, 3.63) is 64.8 Å². The van der Waals surface area contributed by atoms with Crippen LogP contribution >= 0.6 is 0 Å². The molecule has 12 heteroatoms. The molecule has 3 aromatic rings. The summed E-state index contributed by atoms with van der Waals surface area (Å²) in [6.07, 6.45) is 1.97. The Kier molecular flexibility index (Phi) is 6.63. The number of benzene rings is 2. The second-order valence-electron chi connectivity index (χ2n) is 5.94. The summed E-state index contributed by atoms with van der Waals surface area (Å²) >= 11 is 0. The van der Waals surface area contributed by atoms with Crippen molar-refractivity contribution < 1.29 is 40.4 Å².